The molecule has 0 atom stereocenters. The van der Waals surface area contributed by atoms with Gasteiger partial charge in [-0.05, 0) is 13.0 Å². The Kier molecular flexibility index (Phi) is 1.89. The average Bonchev–Trinajstić information content (AvgIpc) is 2.47. The van der Waals surface area contributed by atoms with Crippen molar-refractivity contribution >= 4 is 23.3 Å². The van der Waals surface area contributed by atoms with Gasteiger partial charge in [-0.1, -0.05) is 11.6 Å². The number of nitrogens with zero attached hydrogens (tertiary/aromatic N) is 3. The summed E-state index contributed by atoms with van der Waals surface area (Å²) in [6.07, 6.45) is 1.34. The standard InChI is InChI=1S/C8H6ClN3O2/c1-4-2-6(9)12-3-5(7(13)14)11-8(12)10-4/h2-3H,1H3,(H,13,14). The van der Waals surface area contributed by atoms with Crippen molar-refractivity contribution in [2.24, 2.45) is 0 Å². The first-order valence-corrected chi connectivity index (χ1v) is 4.21. The SMILES string of the molecule is Cc1cc(Cl)n2cc(C(=O)O)nc2n1. The molecule has 2 aromatic heterocycles. The second-order valence-electron chi connectivity index (χ2n) is 2.82. The Labute approximate surface area is 84.0 Å². The first-order chi connectivity index (χ1) is 6.58. The molecule has 0 saturated heterocycles. The van der Waals surface area contributed by atoms with Gasteiger partial charge in [0.05, 0.1) is 0 Å². The molecule has 72 valence electrons. The van der Waals surface area contributed by atoms with Gasteiger partial charge < -0.3 is 5.11 Å². The van der Waals surface area contributed by atoms with Crippen LogP contribution in [0.5, 0.6) is 0 Å². The highest BCUT2D eigenvalue weighted by atomic mass is 35.5. The Morgan fingerprint density at radius 2 is 2.29 bits per heavy atom. The second-order valence-corrected chi connectivity index (χ2v) is 3.21. The molecule has 2 aromatic rings. The predicted molar refractivity (Wildman–Crippen MR) is 49.7 cm³/mol. The van der Waals surface area contributed by atoms with Gasteiger partial charge in [0.25, 0.3) is 0 Å². The number of carboxylic acids is 1. The molecule has 5 nitrogen and oxygen atoms in total. The summed E-state index contributed by atoms with van der Waals surface area (Å²) in [6.45, 7) is 1.76. The molecule has 0 spiro atoms. The number of aryl methyl sites for hydroxylation is 1. The molecule has 0 saturated carbocycles. The molecule has 2 rings (SSSR count). The van der Waals surface area contributed by atoms with E-state index in [9.17, 15) is 4.79 Å². The third kappa shape index (κ3) is 1.31. The predicted octanol–water partition coefficient (Wildman–Crippen LogP) is 1.39. The Morgan fingerprint density at radius 3 is 2.93 bits per heavy atom. The van der Waals surface area contributed by atoms with Gasteiger partial charge in [-0.3, -0.25) is 4.40 Å². The summed E-state index contributed by atoms with van der Waals surface area (Å²) >= 11 is 5.87. The number of carbonyl (C=O) groups is 1. The Balaban J connectivity index is 2.76. The fraction of sp³-hybridized carbons (Fsp3) is 0.125. The molecule has 0 aliphatic carbocycles. The number of fused-ring (bicyclic) bond motifs is 1. The van der Waals surface area contributed by atoms with Gasteiger partial charge in [0, 0.05) is 11.9 Å². The van der Waals surface area contributed by atoms with Gasteiger partial charge in [-0.2, -0.15) is 0 Å². The molecule has 0 fully saturated rings. The van der Waals surface area contributed by atoms with Crippen LogP contribution in [0.15, 0.2) is 12.3 Å². The second kappa shape index (κ2) is 2.95. The summed E-state index contributed by atoms with van der Waals surface area (Å²) in [4.78, 5) is 18.5. The fourth-order valence-corrected chi connectivity index (χ4v) is 1.42. The number of hydrogen-bond donors (Lipinski definition) is 1. The number of carboxylic acid groups (broad SMARTS) is 1. The fourth-order valence-electron chi connectivity index (χ4n) is 1.14. The van der Waals surface area contributed by atoms with Crippen LogP contribution in [0, 0.1) is 6.92 Å². The van der Waals surface area contributed by atoms with Crippen molar-refractivity contribution in [2.45, 2.75) is 6.92 Å². The molecule has 0 amide bonds. The summed E-state index contributed by atoms with van der Waals surface area (Å²) in [5, 5.41) is 9.10. The lowest BCUT2D eigenvalue weighted by Gasteiger charge is -1.96. The van der Waals surface area contributed by atoms with E-state index in [4.69, 9.17) is 16.7 Å². The van der Waals surface area contributed by atoms with Crippen molar-refractivity contribution in [1.82, 2.24) is 14.4 Å². The van der Waals surface area contributed by atoms with Crippen LogP contribution >= 0.6 is 11.6 Å². The lowest BCUT2D eigenvalue weighted by molar-refractivity contribution is 0.0691. The highest BCUT2D eigenvalue weighted by Gasteiger charge is 2.11. The molecule has 0 unspecified atom stereocenters. The van der Waals surface area contributed by atoms with Crippen LogP contribution in [0.2, 0.25) is 5.15 Å². The molecule has 1 N–H and O–H groups in total. The monoisotopic (exact) mass is 211 g/mol. The largest absolute Gasteiger partial charge is 0.476 e. The quantitative estimate of drug-likeness (QED) is 0.724. The van der Waals surface area contributed by atoms with Crippen molar-refractivity contribution in [3.63, 3.8) is 0 Å². The van der Waals surface area contributed by atoms with E-state index in [1.807, 2.05) is 0 Å². The molecular formula is C8H6ClN3O2. The number of halogens is 1. The molecule has 0 aliphatic rings. The van der Waals surface area contributed by atoms with Gasteiger partial charge in [-0.15, -0.1) is 0 Å². The molecule has 0 aliphatic heterocycles. The number of imidazole rings is 1. The summed E-state index contributed by atoms with van der Waals surface area (Å²) in [6, 6.07) is 1.64. The van der Waals surface area contributed by atoms with Crippen molar-refractivity contribution in [2.75, 3.05) is 0 Å². The smallest absolute Gasteiger partial charge is 0.356 e. The molecule has 6 heteroatoms. The Morgan fingerprint density at radius 1 is 1.57 bits per heavy atom. The minimum Gasteiger partial charge on any atom is -0.476 e. The highest BCUT2D eigenvalue weighted by molar-refractivity contribution is 6.29. The molecule has 2 heterocycles. The van der Waals surface area contributed by atoms with Crippen molar-refractivity contribution in [1.29, 1.82) is 0 Å². The van der Waals surface area contributed by atoms with Gasteiger partial charge >= 0.3 is 5.97 Å². The van der Waals surface area contributed by atoms with E-state index in [1.54, 1.807) is 13.0 Å². The van der Waals surface area contributed by atoms with Gasteiger partial charge in [-0.25, -0.2) is 14.8 Å². The van der Waals surface area contributed by atoms with Crippen LogP contribution in [0.3, 0.4) is 0 Å². The highest BCUT2D eigenvalue weighted by Crippen LogP contribution is 2.13. The van der Waals surface area contributed by atoms with Gasteiger partial charge in [0.15, 0.2) is 5.69 Å². The minimum absolute atomic E-state index is 0.0648. The molecule has 14 heavy (non-hydrogen) atoms. The Bertz CT molecular complexity index is 521. The van der Waals surface area contributed by atoms with E-state index in [-0.39, 0.29) is 5.69 Å². The molecule has 0 aromatic carbocycles. The molecule has 0 radical (unpaired) electrons. The third-order valence-corrected chi connectivity index (χ3v) is 2.03. The lowest BCUT2D eigenvalue weighted by Crippen LogP contribution is -1.95. The van der Waals surface area contributed by atoms with Crippen LogP contribution in [0.1, 0.15) is 16.2 Å². The van der Waals surface area contributed by atoms with Crippen LogP contribution in [-0.4, -0.2) is 25.4 Å². The number of hydrogen-bond acceptors (Lipinski definition) is 3. The van der Waals surface area contributed by atoms with Crippen LogP contribution < -0.4 is 0 Å². The van der Waals surface area contributed by atoms with E-state index >= 15 is 0 Å². The van der Waals surface area contributed by atoms with Crippen molar-refractivity contribution in [3.05, 3.63) is 28.8 Å². The number of rotatable bonds is 1. The Hall–Kier alpha value is -1.62. The average molecular weight is 212 g/mol. The van der Waals surface area contributed by atoms with E-state index in [1.165, 1.54) is 10.6 Å². The topological polar surface area (TPSA) is 67.5 Å². The maximum Gasteiger partial charge on any atom is 0.356 e. The molecule has 0 bridgehead atoms. The minimum atomic E-state index is -1.09. The van der Waals surface area contributed by atoms with Crippen molar-refractivity contribution in [3.8, 4) is 0 Å². The summed E-state index contributed by atoms with van der Waals surface area (Å²) in [7, 11) is 0. The number of aromatic carboxylic acids is 1. The number of aromatic nitrogens is 3. The first-order valence-electron chi connectivity index (χ1n) is 3.83. The maximum atomic E-state index is 10.6. The van der Waals surface area contributed by atoms with E-state index in [0.29, 0.717) is 16.6 Å². The summed E-state index contributed by atoms with van der Waals surface area (Å²) in [5.74, 6) is -0.795. The van der Waals surface area contributed by atoms with Crippen LogP contribution in [0.4, 0.5) is 0 Å². The third-order valence-electron chi connectivity index (χ3n) is 1.74. The zero-order valence-corrected chi connectivity index (χ0v) is 7.99. The normalized spacial score (nSPS) is 10.7. The zero-order chi connectivity index (χ0) is 10.3. The van der Waals surface area contributed by atoms with Crippen molar-refractivity contribution < 1.29 is 9.90 Å². The zero-order valence-electron chi connectivity index (χ0n) is 7.23. The lowest BCUT2D eigenvalue weighted by atomic mass is 10.4. The van der Waals surface area contributed by atoms with Gasteiger partial charge in [0.1, 0.15) is 5.15 Å². The van der Waals surface area contributed by atoms with Gasteiger partial charge in [0.2, 0.25) is 5.78 Å². The van der Waals surface area contributed by atoms with E-state index in [0.717, 1.165) is 0 Å². The van der Waals surface area contributed by atoms with Crippen LogP contribution in [-0.2, 0) is 0 Å². The van der Waals surface area contributed by atoms with E-state index < -0.39 is 5.97 Å². The first kappa shape index (κ1) is 8.96. The molecular weight excluding hydrogens is 206 g/mol. The summed E-state index contributed by atoms with van der Waals surface area (Å²) < 4.78 is 1.43. The summed E-state index contributed by atoms with van der Waals surface area (Å²) in [5.41, 5.74) is 0.634. The van der Waals surface area contributed by atoms with E-state index in [2.05, 4.69) is 9.97 Å². The van der Waals surface area contributed by atoms with Crippen LogP contribution in [0.25, 0.3) is 5.78 Å². The maximum absolute atomic E-state index is 10.6.